The van der Waals surface area contributed by atoms with E-state index in [0.29, 0.717) is 16.8 Å². The minimum atomic E-state index is -0.194. The molecule has 1 aliphatic rings. The number of benzene rings is 3. The maximum atomic E-state index is 13.2. The third-order valence-electron chi connectivity index (χ3n) is 5.44. The van der Waals surface area contributed by atoms with Crippen LogP contribution in [0.4, 0.5) is 17.1 Å². The van der Waals surface area contributed by atoms with Gasteiger partial charge in [-0.05, 0) is 67.3 Å². The highest BCUT2D eigenvalue weighted by atomic mass is 16.2. The Hall–Kier alpha value is -3.60. The summed E-state index contributed by atoms with van der Waals surface area (Å²) in [5.74, 6) is -0.205. The van der Waals surface area contributed by atoms with E-state index in [1.807, 2.05) is 41.3 Å². The van der Waals surface area contributed by atoms with Gasteiger partial charge in [0, 0.05) is 36.2 Å². The van der Waals surface area contributed by atoms with Crippen molar-refractivity contribution in [3.8, 4) is 0 Å². The second-order valence-corrected chi connectivity index (χ2v) is 7.37. The lowest BCUT2D eigenvalue weighted by molar-refractivity contribution is 0.0985. The number of nitrogens with zero attached hydrogens (tertiary/aromatic N) is 1. The maximum absolute atomic E-state index is 13.2. The highest BCUT2D eigenvalue weighted by Gasteiger charge is 2.22. The molecule has 2 amide bonds. The third kappa shape index (κ3) is 4.06. The van der Waals surface area contributed by atoms with Crippen molar-refractivity contribution >= 4 is 28.9 Å². The van der Waals surface area contributed by atoms with Gasteiger partial charge in [0.05, 0.1) is 5.56 Å². The SMILES string of the molecule is CNc1ccccc1C(=O)Nc1ccc(C(=O)N2CCCCc3ccccc32)cc1. The Kier molecular flexibility index (Phi) is 5.80. The highest BCUT2D eigenvalue weighted by Crippen LogP contribution is 2.28. The Labute approximate surface area is 176 Å². The van der Waals surface area contributed by atoms with Crippen molar-refractivity contribution in [3.05, 3.63) is 89.5 Å². The fraction of sp³-hybridized carbons (Fsp3) is 0.200. The van der Waals surface area contributed by atoms with Crippen LogP contribution in [0.1, 0.15) is 39.1 Å². The number of nitrogens with one attached hydrogen (secondary N) is 2. The smallest absolute Gasteiger partial charge is 0.258 e. The van der Waals surface area contributed by atoms with Crippen molar-refractivity contribution in [2.45, 2.75) is 19.3 Å². The predicted octanol–water partition coefficient (Wildman–Crippen LogP) is 4.96. The zero-order valence-corrected chi connectivity index (χ0v) is 17.0. The molecule has 0 saturated heterocycles. The fourth-order valence-electron chi connectivity index (χ4n) is 3.85. The van der Waals surface area contributed by atoms with Crippen LogP contribution in [0.25, 0.3) is 0 Å². The molecule has 0 fully saturated rings. The molecular weight excluding hydrogens is 374 g/mol. The largest absolute Gasteiger partial charge is 0.387 e. The summed E-state index contributed by atoms with van der Waals surface area (Å²) in [7, 11) is 1.79. The van der Waals surface area contributed by atoms with Crippen molar-refractivity contribution < 1.29 is 9.59 Å². The standard InChI is InChI=1S/C25H25N3O2/c1-26-22-11-4-3-10-21(22)24(29)27-20-15-13-19(14-16-20)25(30)28-17-7-6-9-18-8-2-5-12-23(18)28/h2-5,8,10-16,26H,6-7,9,17H2,1H3,(H,27,29). The van der Waals surface area contributed by atoms with Gasteiger partial charge in [0.2, 0.25) is 0 Å². The first-order valence-corrected chi connectivity index (χ1v) is 10.3. The van der Waals surface area contributed by atoms with E-state index in [1.54, 1.807) is 37.4 Å². The molecule has 0 radical (unpaired) electrons. The monoisotopic (exact) mass is 399 g/mol. The molecule has 0 saturated carbocycles. The zero-order valence-electron chi connectivity index (χ0n) is 17.0. The molecule has 0 unspecified atom stereocenters. The minimum absolute atomic E-state index is 0.0113. The number of carbonyl (C=O) groups excluding carboxylic acids is 2. The molecule has 3 aromatic rings. The van der Waals surface area contributed by atoms with Crippen LogP contribution in [0.5, 0.6) is 0 Å². The molecule has 5 heteroatoms. The van der Waals surface area contributed by atoms with E-state index >= 15 is 0 Å². The minimum Gasteiger partial charge on any atom is -0.387 e. The van der Waals surface area contributed by atoms with Gasteiger partial charge in [-0.2, -0.15) is 0 Å². The van der Waals surface area contributed by atoms with Gasteiger partial charge in [-0.1, -0.05) is 30.3 Å². The number of hydrogen-bond acceptors (Lipinski definition) is 3. The van der Waals surface area contributed by atoms with Gasteiger partial charge in [-0.25, -0.2) is 0 Å². The van der Waals surface area contributed by atoms with E-state index in [4.69, 9.17) is 0 Å². The van der Waals surface area contributed by atoms with Gasteiger partial charge in [0.1, 0.15) is 0 Å². The van der Waals surface area contributed by atoms with Crippen LogP contribution in [0.15, 0.2) is 72.8 Å². The topological polar surface area (TPSA) is 61.4 Å². The summed E-state index contributed by atoms with van der Waals surface area (Å²) >= 11 is 0. The summed E-state index contributed by atoms with van der Waals surface area (Å²) in [6.45, 7) is 0.717. The molecule has 5 nitrogen and oxygen atoms in total. The van der Waals surface area contributed by atoms with Gasteiger partial charge in [0.25, 0.3) is 11.8 Å². The van der Waals surface area contributed by atoms with Crippen LogP contribution < -0.4 is 15.5 Å². The molecule has 3 aromatic carbocycles. The molecule has 1 aliphatic heterocycles. The number of hydrogen-bond donors (Lipinski definition) is 2. The molecule has 0 bridgehead atoms. The van der Waals surface area contributed by atoms with Gasteiger partial charge in [-0.15, -0.1) is 0 Å². The van der Waals surface area contributed by atoms with Crippen molar-refractivity contribution in [2.75, 3.05) is 29.1 Å². The van der Waals surface area contributed by atoms with E-state index in [1.165, 1.54) is 5.56 Å². The number of rotatable bonds is 4. The van der Waals surface area contributed by atoms with Gasteiger partial charge in [0.15, 0.2) is 0 Å². The molecule has 0 atom stereocenters. The Morgan fingerprint density at radius 2 is 1.60 bits per heavy atom. The summed E-state index contributed by atoms with van der Waals surface area (Å²) in [6, 6.07) is 22.6. The number of carbonyl (C=O) groups is 2. The van der Waals surface area contributed by atoms with E-state index in [0.717, 1.165) is 37.2 Å². The summed E-state index contributed by atoms with van der Waals surface area (Å²) in [6.07, 6.45) is 3.07. The first-order valence-electron chi connectivity index (χ1n) is 10.3. The van der Waals surface area contributed by atoms with Crippen LogP contribution in [-0.2, 0) is 6.42 Å². The number of aryl methyl sites for hydroxylation is 1. The van der Waals surface area contributed by atoms with Crippen molar-refractivity contribution in [1.82, 2.24) is 0 Å². The molecule has 4 rings (SSSR count). The first kappa shape index (κ1) is 19.7. The zero-order chi connectivity index (χ0) is 20.9. The predicted molar refractivity (Wildman–Crippen MR) is 121 cm³/mol. The van der Waals surface area contributed by atoms with E-state index < -0.39 is 0 Å². The van der Waals surface area contributed by atoms with Crippen molar-refractivity contribution in [3.63, 3.8) is 0 Å². The van der Waals surface area contributed by atoms with E-state index in [9.17, 15) is 9.59 Å². The first-order chi connectivity index (χ1) is 14.7. The van der Waals surface area contributed by atoms with Crippen LogP contribution in [0.2, 0.25) is 0 Å². The normalized spacial score (nSPS) is 13.2. The number of amides is 2. The summed E-state index contributed by atoms with van der Waals surface area (Å²) in [5.41, 5.74) is 4.82. The Bertz CT molecular complexity index is 1060. The second-order valence-electron chi connectivity index (χ2n) is 7.37. The molecule has 2 N–H and O–H groups in total. The third-order valence-corrected chi connectivity index (χ3v) is 5.44. The highest BCUT2D eigenvalue weighted by molar-refractivity contribution is 6.09. The maximum Gasteiger partial charge on any atom is 0.258 e. The van der Waals surface area contributed by atoms with Crippen LogP contribution in [0.3, 0.4) is 0 Å². The van der Waals surface area contributed by atoms with Crippen molar-refractivity contribution in [1.29, 1.82) is 0 Å². The second kappa shape index (κ2) is 8.82. The Morgan fingerprint density at radius 3 is 2.40 bits per heavy atom. The number of fused-ring (bicyclic) bond motifs is 1. The van der Waals surface area contributed by atoms with Crippen LogP contribution in [0, 0.1) is 0 Å². The Balaban J connectivity index is 1.51. The quantitative estimate of drug-likeness (QED) is 0.652. The summed E-state index contributed by atoms with van der Waals surface area (Å²) in [4.78, 5) is 27.7. The average Bonchev–Trinajstić information content (AvgIpc) is 3.01. The molecule has 30 heavy (non-hydrogen) atoms. The van der Waals surface area contributed by atoms with Crippen LogP contribution >= 0.6 is 0 Å². The summed E-state index contributed by atoms with van der Waals surface area (Å²) < 4.78 is 0. The molecule has 0 spiro atoms. The lowest BCUT2D eigenvalue weighted by atomic mass is 10.1. The summed E-state index contributed by atoms with van der Waals surface area (Å²) in [5, 5.41) is 5.93. The van der Waals surface area contributed by atoms with Gasteiger partial charge in [-0.3, -0.25) is 9.59 Å². The Morgan fingerprint density at radius 1 is 0.867 bits per heavy atom. The van der Waals surface area contributed by atoms with Gasteiger partial charge >= 0.3 is 0 Å². The molecule has 0 aliphatic carbocycles. The van der Waals surface area contributed by atoms with Crippen molar-refractivity contribution in [2.24, 2.45) is 0 Å². The molecule has 0 aromatic heterocycles. The average molecular weight is 399 g/mol. The fourth-order valence-corrected chi connectivity index (χ4v) is 3.85. The van der Waals surface area contributed by atoms with Crippen LogP contribution in [-0.4, -0.2) is 25.4 Å². The molecular formula is C25H25N3O2. The van der Waals surface area contributed by atoms with E-state index in [2.05, 4.69) is 16.7 Å². The lowest BCUT2D eigenvalue weighted by Crippen LogP contribution is -2.31. The number of para-hydroxylation sites is 2. The number of anilines is 3. The molecule has 152 valence electrons. The van der Waals surface area contributed by atoms with E-state index in [-0.39, 0.29) is 11.8 Å². The lowest BCUT2D eigenvalue weighted by Gasteiger charge is -2.23. The molecule has 1 heterocycles. The van der Waals surface area contributed by atoms with Gasteiger partial charge < -0.3 is 15.5 Å².